The van der Waals surface area contributed by atoms with Crippen molar-refractivity contribution >= 4 is 17.5 Å². The number of nitrogens with zero attached hydrogens (tertiary/aromatic N) is 5. The zero-order valence-electron chi connectivity index (χ0n) is 14.9. The molecule has 26 heavy (non-hydrogen) atoms. The van der Waals surface area contributed by atoms with E-state index in [4.69, 9.17) is 5.73 Å². The molecule has 8 heteroatoms. The summed E-state index contributed by atoms with van der Waals surface area (Å²) in [6.45, 7) is 0.259. The highest BCUT2D eigenvalue weighted by molar-refractivity contribution is 6.09. The summed E-state index contributed by atoms with van der Waals surface area (Å²) in [5.41, 5.74) is 7.02. The van der Waals surface area contributed by atoms with Crippen LogP contribution >= 0.6 is 0 Å². The summed E-state index contributed by atoms with van der Waals surface area (Å²) in [6, 6.07) is 7.40. The number of rotatable bonds is 3. The number of para-hydroxylation sites is 1. The fourth-order valence-corrected chi connectivity index (χ4v) is 3.63. The van der Waals surface area contributed by atoms with Gasteiger partial charge in [-0.25, -0.2) is 0 Å². The number of hydrogen-bond donors (Lipinski definition) is 1. The topological polar surface area (TPSA) is 97.3 Å². The van der Waals surface area contributed by atoms with Crippen molar-refractivity contribution in [2.75, 3.05) is 18.5 Å². The number of benzene rings is 1. The van der Waals surface area contributed by atoms with Gasteiger partial charge in [0.2, 0.25) is 5.91 Å². The molecule has 136 valence electrons. The van der Waals surface area contributed by atoms with Gasteiger partial charge in [-0.3, -0.25) is 9.59 Å². The molecule has 2 heterocycles. The van der Waals surface area contributed by atoms with Gasteiger partial charge in [0.05, 0.1) is 17.8 Å². The standard InChI is InChI=1S/C18H22N6O2/c1-22-14-6-4-3-5-13(14)18(26)24(10-16(22)25)9-15-20-21-17(23(15)2)11-7-12(19)8-11/h3-6,11-12H,7-10,19H2,1-2H3. The van der Waals surface area contributed by atoms with Crippen molar-refractivity contribution in [1.29, 1.82) is 0 Å². The second-order valence-electron chi connectivity index (χ2n) is 7.09. The third-order valence-corrected chi connectivity index (χ3v) is 5.35. The van der Waals surface area contributed by atoms with E-state index in [-0.39, 0.29) is 30.9 Å². The van der Waals surface area contributed by atoms with Gasteiger partial charge in [-0.2, -0.15) is 0 Å². The lowest BCUT2D eigenvalue weighted by molar-refractivity contribution is -0.119. The molecule has 0 unspecified atom stereocenters. The van der Waals surface area contributed by atoms with Gasteiger partial charge >= 0.3 is 0 Å². The van der Waals surface area contributed by atoms with E-state index < -0.39 is 0 Å². The number of aromatic nitrogens is 3. The Labute approximate surface area is 151 Å². The molecule has 0 radical (unpaired) electrons. The molecule has 0 bridgehead atoms. The summed E-state index contributed by atoms with van der Waals surface area (Å²) in [6.07, 6.45) is 1.82. The van der Waals surface area contributed by atoms with E-state index in [0.29, 0.717) is 23.0 Å². The molecule has 2 N–H and O–H groups in total. The molecule has 1 aliphatic carbocycles. The molecule has 2 aromatic rings. The van der Waals surface area contributed by atoms with E-state index in [1.807, 2.05) is 17.7 Å². The third kappa shape index (κ3) is 2.66. The van der Waals surface area contributed by atoms with Crippen LogP contribution in [0, 0.1) is 0 Å². The summed E-state index contributed by atoms with van der Waals surface area (Å²) >= 11 is 0. The molecule has 4 rings (SSSR count). The highest BCUT2D eigenvalue weighted by Gasteiger charge is 2.33. The van der Waals surface area contributed by atoms with Crippen LogP contribution in [0.3, 0.4) is 0 Å². The van der Waals surface area contributed by atoms with Gasteiger partial charge in [-0.15, -0.1) is 10.2 Å². The molecule has 8 nitrogen and oxygen atoms in total. The van der Waals surface area contributed by atoms with Gasteiger partial charge in [0.15, 0.2) is 5.82 Å². The number of carbonyl (C=O) groups excluding carboxylic acids is 2. The Morgan fingerprint density at radius 3 is 2.62 bits per heavy atom. The Morgan fingerprint density at radius 2 is 1.88 bits per heavy atom. The molecule has 2 aliphatic rings. The third-order valence-electron chi connectivity index (χ3n) is 5.35. The van der Waals surface area contributed by atoms with Crippen LogP contribution in [-0.2, 0) is 18.4 Å². The summed E-state index contributed by atoms with van der Waals surface area (Å²) in [5.74, 6) is 1.59. The Morgan fingerprint density at radius 1 is 1.15 bits per heavy atom. The van der Waals surface area contributed by atoms with Crippen molar-refractivity contribution in [2.24, 2.45) is 12.8 Å². The Balaban J connectivity index is 1.61. The average molecular weight is 354 g/mol. The van der Waals surface area contributed by atoms with Crippen molar-refractivity contribution in [3.8, 4) is 0 Å². The van der Waals surface area contributed by atoms with E-state index in [1.54, 1.807) is 25.2 Å². The summed E-state index contributed by atoms with van der Waals surface area (Å²) in [4.78, 5) is 28.5. The summed E-state index contributed by atoms with van der Waals surface area (Å²) in [5, 5.41) is 8.54. The number of nitrogens with two attached hydrogens (primary N) is 1. The van der Waals surface area contributed by atoms with Crippen LogP contribution in [-0.4, -0.2) is 51.1 Å². The first-order chi connectivity index (χ1) is 12.5. The zero-order chi connectivity index (χ0) is 18.4. The van der Waals surface area contributed by atoms with E-state index in [1.165, 1.54) is 9.80 Å². The van der Waals surface area contributed by atoms with E-state index >= 15 is 0 Å². The molecule has 1 aromatic carbocycles. The Kier molecular flexibility index (Phi) is 3.99. The monoisotopic (exact) mass is 354 g/mol. The molecular weight excluding hydrogens is 332 g/mol. The molecule has 1 aliphatic heterocycles. The van der Waals surface area contributed by atoms with Crippen molar-refractivity contribution in [3.63, 3.8) is 0 Å². The van der Waals surface area contributed by atoms with Crippen LogP contribution in [0.25, 0.3) is 0 Å². The van der Waals surface area contributed by atoms with Crippen LogP contribution in [0.5, 0.6) is 0 Å². The Hall–Kier alpha value is -2.74. The molecule has 0 atom stereocenters. The molecule has 2 amide bonds. The van der Waals surface area contributed by atoms with Gasteiger partial charge in [-0.1, -0.05) is 12.1 Å². The lowest BCUT2D eigenvalue weighted by Gasteiger charge is -2.31. The minimum atomic E-state index is -0.173. The van der Waals surface area contributed by atoms with Gasteiger partial charge in [0.1, 0.15) is 12.4 Å². The smallest absolute Gasteiger partial charge is 0.256 e. The first-order valence-electron chi connectivity index (χ1n) is 8.74. The molecule has 1 fully saturated rings. The first kappa shape index (κ1) is 16.7. The maximum atomic E-state index is 13.0. The minimum absolute atomic E-state index is 0.0144. The SMILES string of the molecule is CN1C(=O)CN(Cc2nnc(C3CC(N)C3)n2C)C(=O)c2ccccc21. The number of hydrogen-bond acceptors (Lipinski definition) is 5. The van der Waals surface area contributed by atoms with Crippen LogP contribution in [0.2, 0.25) is 0 Å². The fraction of sp³-hybridized carbons (Fsp3) is 0.444. The van der Waals surface area contributed by atoms with Gasteiger partial charge in [-0.05, 0) is 25.0 Å². The van der Waals surface area contributed by atoms with Crippen LogP contribution in [0.15, 0.2) is 24.3 Å². The maximum absolute atomic E-state index is 13.0. The fourth-order valence-electron chi connectivity index (χ4n) is 3.63. The lowest BCUT2D eigenvalue weighted by Crippen LogP contribution is -2.38. The van der Waals surface area contributed by atoms with Crippen LogP contribution < -0.4 is 10.6 Å². The number of anilines is 1. The largest absolute Gasteiger partial charge is 0.328 e. The van der Waals surface area contributed by atoms with Crippen molar-refractivity contribution in [3.05, 3.63) is 41.5 Å². The molecule has 1 aromatic heterocycles. The normalized spacial score (nSPS) is 22.9. The van der Waals surface area contributed by atoms with E-state index in [0.717, 1.165) is 18.7 Å². The molecule has 0 spiro atoms. The second kappa shape index (κ2) is 6.21. The van der Waals surface area contributed by atoms with Crippen molar-refractivity contribution in [1.82, 2.24) is 19.7 Å². The quantitative estimate of drug-likeness (QED) is 0.872. The van der Waals surface area contributed by atoms with Crippen molar-refractivity contribution < 1.29 is 9.59 Å². The highest BCUT2D eigenvalue weighted by atomic mass is 16.2. The maximum Gasteiger partial charge on any atom is 0.256 e. The van der Waals surface area contributed by atoms with Crippen molar-refractivity contribution in [2.45, 2.75) is 31.3 Å². The predicted molar refractivity (Wildman–Crippen MR) is 95.5 cm³/mol. The summed E-state index contributed by atoms with van der Waals surface area (Å²) < 4.78 is 1.93. The lowest BCUT2D eigenvalue weighted by atomic mass is 9.80. The summed E-state index contributed by atoms with van der Waals surface area (Å²) in [7, 11) is 3.59. The number of carbonyl (C=O) groups is 2. The Bertz CT molecular complexity index is 870. The average Bonchev–Trinajstić information content (AvgIpc) is 2.93. The minimum Gasteiger partial charge on any atom is -0.328 e. The zero-order valence-corrected chi connectivity index (χ0v) is 14.9. The number of amides is 2. The van der Waals surface area contributed by atoms with Gasteiger partial charge < -0.3 is 20.1 Å². The highest BCUT2D eigenvalue weighted by Crippen LogP contribution is 2.34. The number of likely N-dealkylation sites (N-methyl/N-ethyl adjacent to an activating group) is 1. The van der Waals surface area contributed by atoms with Crippen LogP contribution in [0.4, 0.5) is 5.69 Å². The second-order valence-corrected chi connectivity index (χ2v) is 7.09. The van der Waals surface area contributed by atoms with Crippen LogP contribution in [0.1, 0.15) is 40.8 Å². The molecular formula is C18H22N6O2. The number of fused-ring (bicyclic) bond motifs is 1. The van der Waals surface area contributed by atoms with E-state index in [2.05, 4.69) is 10.2 Å². The van der Waals surface area contributed by atoms with E-state index in [9.17, 15) is 9.59 Å². The van der Waals surface area contributed by atoms with Gasteiger partial charge in [0.25, 0.3) is 5.91 Å². The van der Waals surface area contributed by atoms with Gasteiger partial charge in [0, 0.05) is 26.1 Å². The first-order valence-corrected chi connectivity index (χ1v) is 8.74. The predicted octanol–water partition coefficient (Wildman–Crippen LogP) is 0.639. The molecule has 1 saturated carbocycles. The molecule has 0 saturated heterocycles.